The molecule has 0 aromatic heterocycles. The molecule has 0 unspecified atom stereocenters. The molecule has 0 amide bonds. The normalized spacial score (nSPS) is 11.6. The van der Waals surface area contributed by atoms with Gasteiger partial charge >= 0.3 is 5.97 Å². The number of carbonyl (C=O) groups is 1. The fraction of sp³-hybridized carbons (Fsp3) is 0.462. The Labute approximate surface area is 105 Å². The van der Waals surface area contributed by atoms with Crippen molar-refractivity contribution >= 4 is 5.97 Å². The van der Waals surface area contributed by atoms with E-state index in [0.29, 0.717) is 18.7 Å². The number of benzene rings is 1. The van der Waals surface area contributed by atoms with Crippen LogP contribution in [-0.2, 0) is 6.54 Å². The first-order valence-electron chi connectivity index (χ1n) is 5.69. The molecule has 1 rings (SSSR count). The molecule has 18 heavy (non-hydrogen) atoms. The lowest BCUT2D eigenvalue weighted by Gasteiger charge is -2.21. The van der Waals surface area contributed by atoms with Crippen LogP contribution in [-0.4, -0.2) is 29.3 Å². The van der Waals surface area contributed by atoms with Crippen LogP contribution in [0.15, 0.2) is 18.2 Å². The van der Waals surface area contributed by atoms with E-state index in [1.54, 1.807) is 6.07 Å². The summed E-state index contributed by atoms with van der Waals surface area (Å²) in [4.78, 5) is 10.6. The van der Waals surface area contributed by atoms with Gasteiger partial charge < -0.3 is 15.5 Å². The van der Waals surface area contributed by atoms with Gasteiger partial charge in [-0.15, -0.1) is 0 Å². The highest BCUT2D eigenvalue weighted by atomic mass is 19.1. The van der Waals surface area contributed by atoms with Gasteiger partial charge in [0, 0.05) is 25.1 Å². The lowest BCUT2D eigenvalue weighted by Crippen LogP contribution is -2.31. The highest BCUT2D eigenvalue weighted by Crippen LogP contribution is 2.13. The first-order valence-corrected chi connectivity index (χ1v) is 5.69. The number of halogens is 1. The van der Waals surface area contributed by atoms with Crippen molar-refractivity contribution in [2.75, 3.05) is 13.2 Å². The van der Waals surface area contributed by atoms with E-state index in [1.165, 1.54) is 12.1 Å². The molecule has 100 valence electrons. The highest BCUT2D eigenvalue weighted by Gasteiger charge is 2.15. The van der Waals surface area contributed by atoms with E-state index in [-0.39, 0.29) is 17.6 Å². The second-order valence-electron chi connectivity index (χ2n) is 5.05. The average Bonchev–Trinajstić information content (AvgIpc) is 2.28. The van der Waals surface area contributed by atoms with Crippen LogP contribution in [0.4, 0.5) is 4.39 Å². The molecule has 3 N–H and O–H groups in total. The maximum absolute atomic E-state index is 13.4. The summed E-state index contributed by atoms with van der Waals surface area (Å²) in [5.41, 5.74) is 0.111. The third-order valence-electron chi connectivity index (χ3n) is 2.62. The second kappa shape index (κ2) is 5.93. The van der Waals surface area contributed by atoms with Crippen molar-refractivity contribution in [3.05, 3.63) is 35.1 Å². The topological polar surface area (TPSA) is 69.6 Å². The number of aliphatic hydroxyl groups excluding tert-OH is 1. The third-order valence-corrected chi connectivity index (χ3v) is 2.62. The number of hydrogen-bond donors (Lipinski definition) is 3. The molecule has 0 aliphatic rings. The van der Waals surface area contributed by atoms with E-state index in [9.17, 15) is 9.18 Å². The summed E-state index contributed by atoms with van der Waals surface area (Å²) in [6.45, 7) is 4.90. The number of carboxylic acids is 1. The summed E-state index contributed by atoms with van der Waals surface area (Å²) in [6.07, 6.45) is 0. The Morgan fingerprint density at radius 3 is 2.61 bits per heavy atom. The number of aliphatic hydroxyl groups is 1. The van der Waals surface area contributed by atoms with Gasteiger partial charge in [-0.2, -0.15) is 0 Å². The van der Waals surface area contributed by atoms with Gasteiger partial charge in [0.05, 0.1) is 5.56 Å². The number of carboxylic acid groups (broad SMARTS) is 1. The Bertz CT molecular complexity index is 432. The number of hydrogen-bond acceptors (Lipinski definition) is 3. The van der Waals surface area contributed by atoms with Crippen LogP contribution in [0.5, 0.6) is 0 Å². The van der Waals surface area contributed by atoms with Crippen molar-refractivity contribution in [3.63, 3.8) is 0 Å². The van der Waals surface area contributed by atoms with Crippen molar-refractivity contribution < 1.29 is 19.4 Å². The van der Waals surface area contributed by atoms with Crippen LogP contribution in [0.1, 0.15) is 29.8 Å². The summed E-state index contributed by atoms with van der Waals surface area (Å²) < 4.78 is 13.4. The van der Waals surface area contributed by atoms with Crippen LogP contribution in [0.25, 0.3) is 0 Å². The van der Waals surface area contributed by atoms with E-state index >= 15 is 0 Å². The van der Waals surface area contributed by atoms with E-state index < -0.39 is 11.8 Å². The summed E-state index contributed by atoms with van der Waals surface area (Å²) in [7, 11) is 0. The summed E-state index contributed by atoms with van der Waals surface area (Å²) in [6, 6.07) is 4.04. The first-order chi connectivity index (χ1) is 8.35. The van der Waals surface area contributed by atoms with Crippen molar-refractivity contribution in [1.82, 2.24) is 5.32 Å². The van der Waals surface area contributed by atoms with Crippen LogP contribution in [0.3, 0.4) is 0 Å². The predicted molar refractivity (Wildman–Crippen MR) is 65.9 cm³/mol. The SMILES string of the molecule is CC(C)(CO)CNCc1ccc(C(=O)O)c(F)c1. The minimum absolute atomic E-state index is 0.0618. The standard InChI is InChI=1S/C13H18FNO3/c1-13(2,8-16)7-15-6-9-3-4-10(12(17)18)11(14)5-9/h3-5,15-16H,6-8H2,1-2H3,(H,17,18). The van der Waals surface area contributed by atoms with Gasteiger partial charge in [0.25, 0.3) is 0 Å². The van der Waals surface area contributed by atoms with E-state index in [4.69, 9.17) is 10.2 Å². The second-order valence-corrected chi connectivity index (χ2v) is 5.05. The van der Waals surface area contributed by atoms with Gasteiger partial charge in [-0.3, -0.25) is 0 Å². The molecule has 1 aromatic carbocycles. The molecular weight excluding hydrogens is 237 g/mol. The van der Waals surface area contributed by atoms with Gasteiger partial charge in [-0.25, -0.2) is 9.18 Å². The molecule has 0 atom stereocenters. The number of nitrogens with one attached hydrogen (secondary N) is 1. The van der Waals surface area contributed by atoms with Crippen molar-refractivity contribution in [3.8, 4) is 0 Å². The molecule has 5 heteroatoms. The largest absolute Gasteiger partial charge is 0.478 e. The Hall–Kier alpha value is -1.46. The zero-order valence-electron chi connectivity index (χ0n) is 10.5. The summed E-state index contributed by atoms with van der Waals surface area (Å²) in [5.74, 6) is -2.00. The zero-order valence-corrected chi connectivity index (χ0v) is 10.5. The molecule has 0 saturated carbocycles. The summed E-state index contributed by atoms with van der Waals surface area (Å²) in [5, 5.41) is 20.9. The van der Waals surface area contributed by atoms with E-state index in [2.05, 4.69) is 5.32 Å². The van der Waals surface area contributed by atoms with Gasteiger partial charge in [-0.1, -0.05) is 19.9 Å². The van der Waals surface area contributed by atoms with E-state index in [1.807, 2.05) is 13.8 Å². The van der Waals surface area contributed by atoms with Crippen molar-refractivity contribution in [2.24, 2.45) is 5.41 Å². The molecule has 0 aliphatic heterocycles. The summed E-state index contributed by atoms with van der Waals surface area (Å²) >= 11 is 0. The maximum atomic E-state index is 13.4. The predicted octanol–water partition coefficient (Wildman–Crippen LogP) is 1.63. The fourth-order valence-electron chi connectivity index (χ4n) is 1.44. The Morgan fingerprint density at radius 2 is 2.11 bits per heavy atom. The molecule has 0 spiro atoms. The fourth-order valence-corrected chi connectivity index (χ4v) is 1.44. The molecule has 0 heterocycles. The van der Waals surface area contributed by atoms with Crippen molar-refractivity contribution in [1.29, 1.82) is 0 Å². The molecule has 4 nitrogen and oxygen atoms in total. The van der Waals surface area contributed by atoms with Crippen molar-refractivity contribution in [2.45, 2.75) is 20.4 Å². The monoisotopic (exact) mass is 255 g/mol. The van der Waals surface area contributed by atoms with Crippen LogP contribution in [0, 0.1) is 11.2 Å². The number of rotatable bonds is 6. The highest BCUT2D eigenvalue weighted by molar-refractivity contribution is 5.87. The van der Waals surface area contributed by atoms with Gasteiger partial charge in [0.1, 0.15) is 5.82 Å². The maximum Gasteiger partial charge on any atom is 0.338 e. The van der Waals surface area contributed by atoms with Gasteiger partial charge in [0.15, 0.2) is 0 Å². The molecule has 0 bridgehead atoms. The molecule has 0 aliphatic carbocycles. The smallest absolute Gasteiger partial charge is 0.338 e. The number of aromatic carboxylic acids is 1. The zero-order chi connectivity index (χ0) is 13.8. The molecular formula is C13H18FNO3. The lowest BCUT2D eigenvalue weighted by atomic mass is 9.95. The minimum atomic E-state index is -1.27. The van der Waals surface area contributed by atoms with E-state index in [0.717, 1.165) is 0 Å². The first kappa shape index (κ1) is 14.6. The lowest BCUT2D eigenvalue weighted by molar-refractivity contribution is 0.0692. The van der Waals surface area contributed by atoms with Crippen LogP contribution >= 0.6 is 0 Å². The Morgan fingerprint density at radius 1 is 1.44 bits per heavy atom. The third kappa shape index (κ3) is 4.09. The molecule has 0 fully saturated rings. The Balaban J connectivity index is 2.59. The van der Waals surface area contributed by atoms with Crippen LogP contribution in [0.2, 0.25) is 0 Å². The molecule has 0 saturated heterocycles. The molecule has 0 radical (unpaired) electrons. The average molecular weight is 255 g/mol. The Kier molecular flexibility index (Phi) is 4.81. The quantitative estimate of drug-likeness (QED) is 0.722. The molecule has 1 aromatic rings. The van der Waals surface area contributed by atoms with Gasteiger partial charge in [0.2, 0.25) is 0 Å². The minimum Gasteiger partial charge on any atom is -0.478 e. The van der Waals surface area contributed by atoms with Crippen LogP contribution < -0.4 is 5.32 Å². The van der Waals surface area contributed by atoms with Gasteiger partial charge in [-0.05, 0) is 17.7 Å².